The molecule has 0 heterocycles. The van der Waals surface area contributed by atoms with Crippen LogP contribution in [-0.2, 0) is 6.54 Å². The van der Waals surface area contributed by atoms with E-state index in [1.54, 1.807) is 33.2 Å². The Kier molecular flexibility index (Phi) is 5.73. The Bertz CT molecular complexity index is 548. The van der Waals surface area contributed by atoms with Crippen molar-refractivity contribution in [1.29, 1.82) is 5.26 Å². The van der Waals surface area contributed by atoms with Crippen LogP contribution in [0.3, 0.4) is 0 Å². The van der Waals surface area contributed by atoms with Crippen molar-refractivity contribution in [2.24, 2.45) is 5.92 Å². The summed E-state index contributed by atoms with van der Waals surface area (Å²) < 4.78 is 0. The zero-order chi connectivity index (χ0) is 16.0. The fourth-order valence-electron chi connectivity index (χ4n) is 1.92. The lowest BCUT2D eigenvalue weighted by molar-refractivity contribution is 0.0697. The van der Waals surface area contributed by atoms with Crippen LogP contribution in [0.25, 0.3) is 0 Å². The second-order valence-corrected chi connectivity index (χ2v) is 5.05. The van der Waals surface area contributed by atoms with Crippen molar-refractivity contribution in [3.63, 3.8) is 0 Å². The highest BCUT2D eigenvalue weighted by molar-refractivity contribution is 5.87. The Balaban J connectivity index is 2.63. The third kappa shape index (κ3) is 4.80. The maximum atomic E-state index is 12.1. The summed E-state index contributed by atoms with van der Waals surface area (Å²) in [5.74, 6) is -1.20. The number of hydrogen-bond acceptors (Lipinski definition) is 3. The third-order valence-electron chi connectivity index (χ3n) is 3.04. The molecule has 1 aromatic carbocycles. The van der Waals surface area contributed by atoms with Crippen LogP contribution in [0.5, 0.6) is 0 Å². The molecule has 1 atom stereocenters. The predicted octanol–water partition coefficient (Wildman–Crippen LogP) is 2.03. The van der Waals surface area contributed by atoms with E-state index in [1.165, 1.54) is 21.9 Å². The lowest BCUT2D eigenvalue weighted by atomic mass is 10.1. The average Bonchev–Trinajstić information content (AvgIpc) is 2.46. The van der Waals surface area contributed by atoms with Gasteiger partial charge in [0.25, 0.3) is 0 Å². The average molecular weight is 289 g/mol. The monoisotopic (exact) mass is 289 g/mol. The van der Waals surface area contributed by atoms with Crippen LogP contribution in [0.1, 0.15) is 22.8 Å². The van der Waals surface area contributed by atoms with Gasteiger partial charge in [-0.25, -0.2) is 9.59 Å². The van der Waals surface area contributed by atoms with Crippen molar-refractivity contribution in [3.8, 4) is 6.07 Å². The molecule has 0 aliphatic heterocycles. The maximum Gasteiger partial charge on any atom is 0.335 e. The predicted molar refractivity (Wildman–Crippen MR) is 77.7 cm³/mol. The van der Waals surface area contributed by atoms with Crippen LogP contribution in [0, 0.1) is 17.2 Å². The number of carbonyl (C=O) groups is 2. The molecule has 0 radical (unpaired) electrons. The number of hydrogen-bond donors (Lipinski definition) is 1. The molecule has 0 aliphatic rings. The molecule has 0 spiro atoms. The summed E-state index contributed by atoms with van der Waals surface area (Å²) in [4.78, 5) is 25.9. The van der Waals surface area contributed by atoms with Crippen molar-refractivity contribution in [1.82, 2.24) is 9.80 Å². The summed E-state index contributed by atoms with van der Waals surface area (Å²) >= 11 is 0. The van der Waals surface area contributed by atoms with E-state index >= 15 is 0 Å². The number of carboxylic acid groups (broad SMARTS) is 1. The molecule has 0 bridgehead atoms. The largest absolute Gasteiger partial charge is 0.478 e. The molecule has 1 rings (SSSR count). The zero-order valence-electron chi connectivity index (χ0n) is 12.4. The van der Waals surface area contributed by atoms with Gasteiger partial charge in [-0.1, -0.05) is 12.1 Å². The molecule has 1 N–H and O–H groups in total. The van der Waals surface area contributed by atoms with Gasteiger partial charge in [-0.15, -0.1) is 0 Å². The number of benzene rings is 1. The van der Waals surface area contributed by atoms with Crippen LogP contribution in [0.15, 0.2) is 24.3 Å². The summed E-state index contributed by atoms with van der Waals surface area (Å²) in [5.41, 5.74) is 1.06. The number of carbonyl (C=O) groups excluding carboxylic acids is 1. The topological polar surface area (TPSA) is 84.6 Å². The Morgan fingerprint density at radius 1 is 1.24 bits per heavy atom. The second kappa shape index (κ2) is 7.29. The van der Waals surface area contributed by atoms with Crippen molar-refractivity contribution in [2.75, 3.05) is 20.6 Å². The van der Waals surface area contributed by atoms with Gasteiger partial charge in [0, 0.05) is 27.2 Å². The van der Waals surface area contributed by atoms with Gasteiger partial charge >= 0.3 is 12.0 Å². The molecule has 21 heavy (non-hydrogen) atoms. The smallest absolute Gasteiger partial charge is 0.335 e. The molecule has 0 fully saturated rings. The van der Waals surface area contributed by atoms with Crippen LogP contribution < -0.4 is 0 Å². The Labute approximate surface area is 124 Å². The first-order valence-electron chi connectivity index (χ1n) is 6.53. The van der Waals surface area contributed by atoms with Gasteiger partial charge in [0.05, 0.1) is 17.6 Å². The highest BCUT2D eigenvalue weighted by Crippen LogP contribution is 2.09. The highest BCUT2D eigenvalue weighted by atomic mass is 16.4. The first-order chi connectivity index (χ1) is 9.85. The van der Waals surface area contributed by atoms with Crippen LogP contribution in [-0.4, -0.2) is 47.5 Å². The standard InChI is InChI=1S/C15H19N3O3/c1-11(8-16)9-17(2)15(21)18(3)10-12-4-6-13(7-5-12)14(19)20/h4-7,11H,9-10H2,1-3H3,(H,19,20). The molecule has 1 aromatic rings. The fourth-order valence-corrected chi connectivity index (χ4v) is 1.92. The minimum atomic E-state index is -0.976. The quantitative estimate of drug-likeness (QED) is 0.898. The molecule has 0 saturated heterocycles. The van der Waals surface area contributed by atoms with Crippen LogP contribution in [0.2, 0.25) is 0 Å². The van der Waals surface area contributed by atoms with Crippen LogP contribution in [0.4, 0.5) is 4.79 Å². The number of nitriles is 1. The Morgan fingerprint density at radius 3 is 2.29 bits per heavy atom. The van der Waals surface area contributed by atoms with Gasteiger partial charge in [0.15, 0.2) is 0 Å². The molecular weight excluding hydrogens is 270 g/mol. The second-order valence-electron chi connectivity index (χ2n) is 5.05. The summed E-state index contributed by atoms with van der Waals surface area (Å²) in [5, 5.41) is 17.6. The number of aromatic carboxylic acids is 1. The molecule has 2 amide bonds. The first-order valence-corrected chi connectivity index (χ1v) is 6.53. The van der Waals surface area contributed by atoms with E-state index in [0.717, 1.165) is 5.56 Å². The maximum absolute atomic E-state index is 12.1. The summed E-state index contributed by atoms with van der Waals surface area (Å²) in [7, 11) is 3.32. The van der Waals surface area contributed by atoms with E-state index in [-0.39, 0.29) is 17.5 Å². The minimum absolute atomic E-state index is 0.181. The Morgan fingerprint density at radius 2 is 1.81 bits per heavy atom. The Hall–Kier alpha value is -2.55. The van der Waals surface area contributed by atoms with E-state index in [4.69, 9.17) is 10.4 Å². The third-order valence-corrected chi connectivity index (χ3v) is 3.04. The summed E-state index contributed by atoms with van der Waals surface area (Å²) in [6, 6.07) is 8.30. The van der Waals surface area contributed by atoms with Gasteiger partial charge in [0.2, 0.25) is 0 Å². The fraction of sp³-hybridized carbons (Fsp3) is 0.400. The van der Waals surface area contributed by atoms with Gasteiger partial charge < -0.3 is 14.9 Å². The van der Waals surface area contributed by atoms with Gasteiger partial charge in [-0.3, -0.25) is 0 Å². The normalized spacial score (nSPS) is 11.3. The summed E-state index contributed by atoms with van der Waals surface area (Å²) in [6.45, 7) is 2.51. The summed E-state index contributed by atoms with van der Waals surface area (Å²) in [6.07, 6.45) is 0. The molecular formula is C15H19N3O3. The number of nitrogens with zero attached hydrogens (tertiary/aromatic N) is 3. The molecule has 112 valence electrons. The minimum Gasteiger partial charge on any atom is -0.478 e. The zero-order valence-corrected chi connectivity index (χ0v) is 12.4. The van der Waals surface area contributed by atoms with E-state index in [2.05, 4.69) is 6.07 Å². The van der Waals surface area contributed by atoms with Crippen molar-refractivity contribution in [2.45, 2.75) is 13.5 Å². The molecule has 0 aromatic heterocycles. The van der Waals surface area contributed by atoms with Crippen molar-refractivity contribution < 1.29 is 14.7 Å². The van der Waals surface area contributed by atoms with Crippen molar-refractivity contribution in [3.05, 3.63) is 35.4 Å². The molecule has 0 aliphatic carbocycles. The number of rotatable bonds is 5. The highest BCUT2D eigenvalue weighted by Gasteiger charge is 2.16. The number of urea groups is 1. The van der Waals surface area contributed by atoms with Gasteiger partial charge in [0.1, 0.15) is 0 Å². The van der Waals surface area contributed by atoms with Crippen LogP contribution >= 0.6 is 0 Å². The van der Waals surface area contributed by atoms with Crippen molar-refractivity contribution >= 4 is 12.0 Å². The number of carboxylic acids is 1. The molecule has 6 nitrogen and oxygen atoms in total. The van der Waals surface area contributed by atoms with E-state index in [9.17, 15) is 9.59 Å². The first kappa shape index (κ1) is 16.5. The number of amides is 2. The molecule has 6 heteroatoms. The lowest BCUT2D eigenvalue weighted by Gasteiger charge is -2.25. The lowest BCUT2D eigenvalue weighted by Crippen LogP contribution is -2.40. The van der Waals surface area contributed by atoms with Gasteiger partial charge in [-0.2, -0.15) is 5.26 Å². The SMILES string of the molecule is CC(C#N)CN(C)C(=O)N(C)Cc1ccc(C(=O)O)cc1. The molecule has 0 saturated carbocycles. The van der Waals surface area contributed by atoms with E-state index in [1.807, 2.05) is 0 Å². The van der Waals surface area contributed by atoms with E-state index in [0.29, 0.717) is 13.1 Å². The van der Waals surface area contributed by atoms with Gasteiger partial charge in [-0.05, 0) is 24.6 Å². The molecule has 1 unspecified atom stereocenters. The van der Waals surface area contributed by atoms with E-state index < -0.39 is 5.97 Å².